The highest BCUT2D eigenvalue weighted by atomic mass is 16.3. The van der Waals surface area contributed by atoms with Crippen LogP contribution in [0, 0.1) is 0 Å². The second kappa shape index (κ2) is 8.68. The lowest BCUT2D eigenvalue weighted by molar-refractivity contribution is 0.223. The summed E-state index contributed by atoms with van der Waals surface area (Å²) in [6.45, 7) is 12.3. The van der Waals surface area contributed by atoms with Crippen LogP contribution in [-0.4, -0.2) is 17.1 Å². The lowest BCUT2D eigenvalue weighted by Gasteiger charge is -2.32. The molecule has 0 amide bonds. The minimum Gasteiger partial charge on any atom is -0.384 e. The molecule has 0 bridgehead atoms. The minimum absolute atomic E-state index is 0.0602. The van der Waals surface area contributed by atoms with Gasteiger partial charge in [0.2, 0.25) is 0 Å². The van der Waals surface area contributed by atoms with Crippen LogP contribution in [-0.2, 0) is 12.0 Å². The second-order valence-electron chi connectivity index (χ2n) is 12.2. The van der Waals surface area contributed by atoms with Crippen molar-refractivity contribution in [1.29, 1.82) is 0 Å². The maximum Gasteiger partial charge on any atom is 0.106 e. The number of aliphatic hydroxyl groups excluding tert-OH is 1. The molecule has 6 rings (SSSR count). The van der Waals surface area contributed by atoms with Gasteiger partial charge in [-0.3, -0.25) is 4.90 Å². The third-order valence-corrected chi connectivity index (χ3v) is 8.32. The van der Waals surface area contributed by atoms with E-state index < -0.39 is 6.10 Å². The summed E-state index contributed by atoms with van der Waals surface area (Å²) in [5.41, 5.74) is 14.1. The summed E-state index contributed by atoms with van der Waals surface area (Å²) in [6.07, 6.45) is -0.543. The van der Waals surface area contributed by atoms with E-state index in [0.717, 1.165) is 17.7 Å². The highest BCUT2D eigenvalue weighted by molar-refractivity contribution is 5.81. The predicted molar refractivity (Wildman–Crippen MR) is 154 cm³/mol. The third kappa shape index (κ3) is 3.77. The van der Waals surface area contributed by atoms with Gasteiger partial charge in [-0.1, -0.05) is 107 Å². The van der Waals surface area contributed by atoms with Gasteiger partial charge in [0.1, 0.15) is 6.10 Å². The molecule has 2 heteroatoms. The van der Waals surface area contributed by atoms with E-state index in [0.29, 0.717) is 5.92 Å². The summed E-state index contributed by atoms with van der Waals surface area (Å²) in [5, 5.41) is 11.2. The highest BCUT2D eigenvalue weighted by Gasteiger charge is 2.36. The molecule has 2 unspecified atom stereocenters. The smallest absolute Gasteiger partial charge is 0.106 e. The summed E-state index contributed by atoms with van der Waals surface area (Å²) in [4.78, 5) is 2.52. The molecule has 2 aliphatic rings. The fraction of sp³-hybridized carbons (Fsp3) is 0.314. The largest absolute Gasteiger partial charge is 0.384 e. The van der Waals surface area contributed by atoms with Crippen LogP contribution in [0.3, 0.4) is 0 Å². The van der Waals surface area contributed by atoms with Crippen LogP contribution in [0.5, 0.6) is 0 Å². The number of hydrogen-bond donors (Lipinski definition) is 1. The first-order valence-electron chi connectivity index (χ1n) is 13.5. The molecule has 0 saturated carbocycles. The van der Waals surface area contributed by atoms with Crippen LogP contribution in [0.15, 0.2) is 78.9 Å². The number of nitrogens with zero attached hydrogens (tertiary/aromatic N) is 1. The standard InChI is InChI=1S/C35H37NO/c1-21(2)28-18-22(19-29-24-13-8-10-15-27(24)34(37)31(28)29)20-36(6)33-26-14-9-7-12-23(26)25-16-11-17-30(32(25)33)35(3,4)5/h7-19,21,33-34,37H,20H2,1-6H3. The monoisotopic (exact) mass is 487 g/mol. The Morgan fingerprint density at radius 2 is 1.38 bits per heavy atom. The zero-order valence-electron chi connectivity index (χ0n) is 22.8. The number of benzene rings is 4. The molecule has 2 aliphatic carbocycles. The minimum atomic E-state index is -0.543. The van der Waals surface area contributed by atoms with Crippen molar-refractivity contribution in [2.24, 2.45) is 0 Å². The molecule has 0 aliphatic heterocycles. The molecule has 0 saturated heterocycles. The van der Waals surface area contributed by atoms with Crippen molar-refractivity contribution in [2.45, 2.75) is 64.6 Å². The molecule has 2 nitrogen and oxygen atoms in total. The topological polar surface area (TPSA) is 23.5 Å². The summed E-state index contributed by atoms with van der Waals surface area (Å²) < 4.78 is 0. The lowest BCUT2D eigenvalue weighted by atomic mass is 9.81. The lowest BCUT2D eigenvalue weighted by Crippen LogP contribution is -2.26. The molecule has 188 valence electrons. The van der Waals surface area contributed by atoms with Crippen molar-refractivity contribution in [3.8, 4) is 22.3 Å². The Hall–Kier alpha value is -3.20. The predicted octanol–water partition coefficient (Wildman–Crippen LogP) is 8.37. The maximum absolute atomic E-state index is 11.2. The van der Waals surface area contributed by atoms with Crippen molar-refractivity contribution >= 4 is 0 Å². The van der Waals surface area contributed by atoms with Crippen molar-refractivity contribution in [2.75, 3.05) is 7.05 Å². The van der Waals surface area contributed by atoms with Gasteiger partial charge in [-0.05, 0) is 85.6 Å². The van der Waals surface area contributed by atoms with Crippen molar-refractivity contribution < 1.29 is 5.11 Å². The fourth-order valence-corrected chi connectivity index (χ4v) is 6.69. The van der Waals surface area contributed by atoms with Crippen LogP contribution in [0.4, 0.5) is 0 Å². The van der Waals surface area contributed by atoms with Crippen LogP contribution in [0.2, 0.25) is 0 Å². The first-order chi connectivity index (χ1) is 17.7. The van der Waals surface area contributed by atoms with Crippen molar-refractivity contribution in [1.82, 2.24) is 4.90 Å². The van der Waals surface area contributed by atoms with Crippen molar-refractivity contribution in [3.63, 3.8) is 0 Å². The molecule has 0 fully saturated rings. The van der Waals surface area contributed by atoms with E-state index in [2.05, 4.69) is 119 Å². The Labute approximate surface area is 221 Å². The van der Waals surface area contributed by atoms with Gasteiger partial charge in [-0.15, -0.1) is 0 Å². The zero-order chi connectivity index (χ0) is 26.1. The van der Waals surface area contributed by atoms with Crippen LogP contribution in [0.1, 0.15) is 91.6 Å². The Morgan fingerprint density at radius 1 is 0.757 bits per heavy atom. The van der Waals surface area contributed by atoms with Gasteiger partial charge in [-0.2, -0.15) is 0 Å². The molecule has 4 aromatic carbocycles. The summed E-state index contributed by atoms with van der Waals surface area (Å²) in [6, 6.07) is 28.9. The molecule has 0 radical (unpaired) electrons. The van der Waals surface area contributed by atoms with E-state index in [1.165, 1.54) is 50.1 Å². The molecule has 0 aromatic heterocycles. The SMILES string of the molecule is CC(C)c1cc(CN(C)C2c3ccccc3-c3cccc(C(C)(C)C)c32)cc2c1C(O)c1ccccc1-2. The number of rotatable bonds is 4. The van der Waals surface area contributed by atoms with E-state index >= 15 is 0 Å². The van der Waals surface area contributed by atoms with Gasteiger partial charge in [0.25, 0.3) is 0 Å². The second-order valence-corrected chi connectivity index (χ2v) is 12.2. The average Bonchev–Trinajstić information content (AvgIpc) is 3.36. The molecular formula is C35H37NO. The number of aliphatic hydroxyl groups is 1. The van der Waals surface area contributed by atoms with Crippen molar-refractivity contribution in [3.05, 3.63) is 118 Å². The quantitative estimate of drug-likeness (QED) is 0.312. The Bertz CT molecular complexity index is 1510. The zero-order valence-corrected chi connectivity index (χ0v) is 22.8. The van der Waals surface area contributed by atoms with Gasteiger partial charge in [0.15, 0.2) is 0 Å². The summed E-state index contributed by atoms with van der Waals surface area (Å²) in [7, 11) is 2.26. The molecule has 37 heavy (non-hydrogen) atoms. The van der Waals surface area contributed by atoms with Gasteiger partial charge in [0, 0.05) is 6.54 Å². The Balaban J connectivity index is 1.46. The first-order valence-corrected chi connectivity index (χ1v) is 13.5. The van der Waals surface area contributed by atoms with Gasteiger partial charge in [-0.25, -0.2) is 0 Å². The normalized spacial score (nSPS) is 17.6. The summed E-state index contributed by atoms with van der Waals surface area (Å²) in [5.74, 6) is 0.336. The summed E-state index contributed by atoms with van der Waals surface area (Å²) >= 11 is 0. The Morgan fingerprint density at radius 3 is 2.05 bits per heavy atom. The van der Waals surface area contributed by atoms with Crippen LogP contribution >= 0.6 is 0 Å². The number of hydrogen-bond acceptors (Lipinski definition) is 2. The molecule has 1 N–H and O–H groups in total. The maximum atomic E-state index is 11.2. The van der Waals surface area contributed by atoms with E-state index in [-0.39, 0.29) is 11.5 Å². The van der Waals surface area contributed by atoms with Crippen LogP contribution < -0.4 is 0 Å². The van der Waals surface area contributed by atoms with Crippen LogP contribution in [0.25, 0.3) is 22.3 Å². The van der Waals surface area contributed by atoms with Gasteiger partial charge < -0.3 is 5.11 Å². The fourth-order valence-electron chi connectivity index (χ4n) is 6.69. The third-order valence-electron chi connectivity index (χ3n) is 8.32. The molecule has 2 atom stereocenters. The molecule has 0 heterocycles. The highest BCUT2D eigenvalue weighted by Crippen LogP contribution is 2.51. The molecule has 0 spiro atoms. The van der Waals surface area contributed by atoms with Gasteiger partial charge >= 0.3 is 0 Å². The van der Waals surface area contributed by atoms with E-state index in [1.54, 1.807) is 0 Å². The van der Waals surface area contributed by atoms with E-state index in [9.17, 15) is 5.11 Å². The Kier molecular flexibility index (Phi) is 5.67. The first kappa shape index (κ1) is 24.2. The van der Waals surface area contributed by atoms with E-state index in [4.69, 9.17) is 0 Å². The van der Waals surface area contributed by atoms with E-state index in [1.807, 2.05) is 6.07 Å². The molecule has 4 aromatic rings. The average molecular weight is 488 g/mol. The molecular weight excluding hydrogens is 450 g/mol. The van der Waals surface area contributed by atoms with Gasteiger partial charge in [0.05, 0.1) is 6.04 Å². The number of fused-ring (bicyclic) bond motifs is 6.